The molecule has 0 atom stereocenters. The molecule has 0 amide bonds. The normalized spacial score (nSPS) is 10.8. The Morgan fingerprint density at radius 3 is 2.94 bits per heavy atom. The highest BCUT2D eigenvalue weighted by atomic mass is 35.5. The van der Waals surface area contributed by atoms with Crippen molar-refractivity contribution in [2.75, 3.05) is 6.54 Å². The third kappa shape index (κ3) is 3.45. The number of aromatic nitrogens is 1. The molecular weight excluding hydrogens is 287 g/mol. The standard InChI is InChI=1S/C13H14Cl2N2S/c1-2-5-16-7-10-8-17-13(18-10)11-6-9(14)3-4-12(11)15/h3-4,6,8,16H,2,5,7H2,1H3. The molecule has 2 aromatic rings. The molecule has 5 heteroatoms. The van der Waals surface area contributed by atoms with Gasteiger partial charge in [-0.3, -0.25) is 0 Å². The van der Waals surface area contributed by atoms with Gasteiger partial charge in [0.25, 0.3) is 0 Å². The lowest BCUT2D eigenvalue weighted by atomic mass is 10.2. The van der Waals surface area contributed by atoms with Gasteiger partial charge in [-0.1, -0.05) is 30.1 Å². The highest BCUT2D eigenvalue weighted by Gasteiger charge is 2.09. The fourth-order valence-corrected chi connectivity index (χ4v) is 2.91. The first-order chi connectivity index (χ1) is 8.70. The van der Waals surface area contributed by atoms with Crippen molar-refractivity contribution in [2.24, 2.45) is 0 Å². The Bertz CT molecular complexity index is 525. The van der Waals surface area contributed by atoms with E-state index < -0.39 is 0 Å². The third-order valence-corrected chi connectivity index (χ3v) is 4.03. The maximum absolute atomic E-state index is 6.16. The van der Waals surface area contributed by atoms with Crippen LogP contribution in [0.25, 0.3) is 10.6 Å². The zero-order valence-electron chi connectivity index (χ0n) is 10.0. The molecule has 0 unspecified atom stereocenters. The third-order valence-electron chi connectivity index (χ3n) is 2.44. The maximum atomic E-state index is 6.16. The number of nitrogens with zero attached hydrogens (tertiary/aromatic N) is 1. The van der Waals surface area contributed by atoms with Crippen molar-refractivity contribution in [3.63, 3.8) is 0 Å². The molecule has 1 heterocycles. The number of hydrogen-bond acceptors (Lipinski definition) is 3. The topological polar surface area (TPSA) is 24.9 Å². The van der Waals surface area contributed by atoms with Crippen molar-refractivity contribution in [3.05, 3.63) is 39.3 Å². The summed E-state index contributed by atoms with van der Waals surface area (Å²) in [5.74, 6) is 0. The van der Waals surface area contributed by atoms with Crippen LogP contribution in [-0.2, 0) is 6.54 Å². The Balaban J connectivity index is 2.16. The number of thiazole rings is 1. The van der Waals surface area contributed by atoms with E-state index in [4.69, 9.17) is 23.2 Å². The molecule has 0 aliphatic heterocycles. The van der Waals surface area contributed by atoms with Gasteiger partial charge in [0, 0.05) is 28.2 Å². The van der Waals surface area contributed by atoms with Crippen LogP contribution in [0.2, 0.25) is 10.0 Å². The molecule has 2 nitrogen and oxygen atoms in total. The number of benzene rings is 1. The van der Waals surface area contributed by atoms with E-state index in [-0.39, 0.29) is 0 Å². The minimum absolute atomic E-state index is 0.676. The van der Waals surface area contributed by atoms with E-state index >= 15 is 0 Å². The van der Waals surface area contributed by atoms with E-state index in [1.165, 1.54) is 4.88 Å². The highest BCUT2D eigenvalue weighted by Crippen LogP contribution is 2.33. The molecule has 1 aromatic carbocycles. The zero-order chi connectivity index (χ0) is 13.0. The van der Waals surface area contributed by atoms with E-state index in [2.05, 4.69) is 17.2 Å². The molecule has 96 valence electrons. The Labute approximate surface area is 121 Å². The summed E-state index contributed by atoms with van der Waals surface area (Å²) in [4.78, 5) is 5.61. The van der Waals surface area contributed by atoms with Crippen molar-refractivity contribution in [1.82, 2.24) is 10.3 Å². The van der Waals surface area contributed by atoms with Gasteiger partial charge in [0.05, 0.1) is 5.02 Å². The molecule has 0 saturated heterocycles. The SMILES string of the molecule is CCCNCc1cnc(-c2cc(Cl)ccc2Cl)s1. The lowest BCUT2D eigenvalue weighted by Crippen LogP contribution is -2.12. The molecule has 0 aliphatic carbocycles. The molecular formula is C13H14Cl2N2S. The average Bonchev–Trinajstić information content (AvgIpc) is 2.81. The molecule has 0 aliphatic rings. The van der Waals surface area contributed by atoms with Gasteiger partial charge < -0.3 is 5.32 Å². The van der Waals surface area contributed by atoms with Crippen LogP contribution in [0.5, 0.6) is 0 Å². The lowest BCUT2D eigenvalue weighted by Gasteiger charge is -2.01. The number of nitrogens with one attached hydrogen (secondary N) is 1. The van der Waals surface area contributed by atoms with Crippen LogP contribution in [0.4, 0.5) is 0 Å². The molecule has 2 rings (SSSR count). The predicted molar refractivity (Wildman–Crippen MR) is 79.6 cm³/mol. The summed E-state index contributed by atoms with van der Waals surface area (Å²) in [6.45, 7) is 4.02. The number of hydrogen-bond donors (Lipinski definition) is 1. The Morgan fingerprint density at radius 1 is 1.33 bits per heavy atom. The Morgan fingerprint density at radius 2 is 2.17 bits per heavy atom. The predicted octanol–water partition coefficient (Wildman–Crippen LogP) is 4.62. The fraction of sp³-hybridized carbons (Fsp3) is 0.308. The van der Waals surface area contributed by atoms with E-state index in [0.717, 1.165) is 30.1 Å². The first-order valence-electron chi connectivity index (χ1n) is 5.81. The molecule has 0 saturated carbocycles. The summed E-state index contributed by atoms with van der Waals surface area (Å²) in [5, 5.41) is 5.62. The van der Waals surface area contributed by atoms with Crippen LogP contribution < -0.4 is 5.32 Å². The molecule has 0 fully saturated rings. The molecule has 0 radical (unpaired) electrons. The van der Waals surface area contributed by atoms with Gasteiger partial charge in [-0.2, -0.15) is 0 Å². The van der Waals surface area contributed by atoms with Crippen molar-refractivity contribution >= 4 is 34.5 Å². The summed E-state index contributed by atoms with van der Waals surface area (Å²) < 4.78 is 0. The van der Waals surface area contributed by atoms with E-state index in [1.54, 1.807) is 23.5 Å². The van der Waals surface area contributed by atoms with Crippen molar-refractivity contribution in [2.45, 2.75) is 19.9 Å². The van der Waals surface area contributed by atoms with Crippen LogP contribution in [0.1, 0.15) is 18.2 Å². The fourth-order valence-electron chi connectivity index (χ4n) is 1.56. The number of rotatable bonds is 5. The minimum Gasteiger partial charge on any atom is -0.312 e. The van der Waals surface area contributed by atoms with Crippen LogP contribution >= 0.6 is 34.5 Å². The first-order valence-corrected chi connectivity index (χ1v) is 7.38. The summed E-state index contributed by atoms with van der Waals surface area (Å²) in [6, 6.07) is 5.44. The van der Waals surface area contributed by atoms with Crippen LogP contribution in [0.3, 0.4) is 0 Å². The van der Waals surface area contributed by atoms with Gasteiger partial charge in [0.1, 0.15) is 5.01 Å². The second-order valence-corrected chi connectivity index (χ2v) is 5.89. The molecule has 1 aromatic heterocycles. The van der Waals surface area contributed by atoms with E-state index in [9.17, 15) is 0 Å². The monoisotopic (exact) mass is 300 g/mol. The number of halogens is 2. The van der Waals surface area contributed by atoms with Gasteiger partial charge >= 0.3 is 0 Å². The van der Waals surface area contributed by atoms with Crippen molar-refractivity contribution < 1.29 is 0 Å². The lowest BCUT2D eigenvalue weighted by molar-refractivity contribution is 0.681. The molecule has 0 bridgehead atoms. The largest absolute Gasteiger partial charge is 0.312 e. The molecule has 18 heavy (non-hydrogen) atoms. The van der Waals surface area contributed by atoms with E-state index in [1.807, 2.05) is 12.3 Å². The second-order valence-electron chi connectivity index (χ2n) is 3.93. The summed E-state index contributed by atoms with van der Waals surface area (Å²) >= 11 is 13.8. The van der Waals surface area contributed by atoms with Gasteiger partial charge in [-0.05, 0) is 31.2 Å². The second kappa shape index (κ2) is 6.53. The van der Waals surface area contributed by atoms with Gasteiger partial charge in [0.2, 0.25) is 0 Å². The van der Waals surface area contributed by atoms with Crippen molar-refractivity contribution in [3.8, 4) is 10.6 Å². The Kier molecular flexibility index (Phi) is 5.01. The summed E-state index contributed by atoms with van der Waals surface area (Å²) in [7, 11) is 0. The zero-order valence-corrected chi connectivity index (χ0v) is 12.4. The minimum atomic E-state index is 0.676. The quantitative estimate of drug-likeness (QED) is 0.815. The average molecular weight is 301 g/mol. The van der Waals surface area contributed by atoms with E-state index in [0.29, 0.717) is 10.0 Å². The van der Waals surface area contributed by atoms with Gasteiger partial charge in [0.15, 0.2) is 0 Å². The highest BCUT2D eigenvalue weighted by molar-refractivity contribution is 7.15. The molecule has 1 N–H and O–H groups in total. The van der Waals surface area contributed by atoms with Crippen LogP contribution in [0.15, 0.2) is 24.4 Å². The van der Waals surface area contributed by atoms with Crippen LogP contribution in [-0.4, -0.2) is 11.5 Å². The smallest absolute Gasteiger partial charge is 0.125 e. The molecule has 0 spiro atoms. The van der Waals surface area contributed by atoms with Crippen LogP contribution in [0, 0.1) is 0 Å². The summed E-state index contributed by atoms with van der Waals surface area (Å²) in [5.41, 5.74) is 0.899. The first kappa shape index (κ1) is 13.8. The summed E-state index contributed by atoms with van der Waals surface area (Å²) in [6.07, 6.45) is 3.02. The van der Waals surface area contributed by atoms with Gasteiger partial charge in [-0.25, -0.2) is 4.98 Å². The maximum Gasteiger partial charge on any atom is 0.125 e. The van der Waals surface area contributed by atoms with Gasteiger partial charge in [-0.15, -0.1) is 11.3 Å². The Hall–Kier alpha value is -0.610. The van der Waals surface area contributed by atoms with Crippen molar-refractivity contribution in [1.29, 1.82) is 0 Å².